The second-order valence-electron chi connectivity index (χ2n) is 14.9. The minimum Gasteiger partial charge on any atom is -0.339 e. The van der Waals surface area contributed by atoms with Crippen LogP contribution in [-0.2, 0) is 24.7 Å². The number of nitrogens with one attached hydrogen (secondary N) is 2. The average molecular weight is 889 g/mol. The van der Waals surface area contributed by atoms with Crippen LogP contribution in [0.1, 0.15) is 33.4 Å². The first kappa shape index (κ1) is 40.1. The monoisotopic (exact) mass is 888 g/mol. The fourth-order valence-corrected chi connectivity index (χ4v) is 8.61. The van der Waals surface area contributed by atoms with Crippen LogP contribution in [0.15, 0.2) is 94.5 Å². The molecular formula is C44H16F12N6O2. The molecule has 0 saturated carbocycles. The number of hydrogen-bond acceptors (Lipinski definition) is 4. The van der Waals surface area contributed by atoms with E-state index in [2.05, 4.69) is 9.97 Å². The van der Waals surface area contributed by atoms with Gasteiger partial charge in [0, 0.05) is 32.3 Å². The summed E-state index contributed by atoms with van der Waals surface area (Å²) < 4.78 is 175. The lowest BCUT2D eigenvalue weighted by Gasteiger charge is -2.19. The Balaban J connectivity index is 1.54. The van der Waals surface area contributed by atoms with E-state index >= 15 is 0 Å². The number of alkyl halides is 12. The van der Waals surface area contributed by atoms with Crippen molar-refractivity contribution < 1.29 is 52.7 Å². The van der Waals surface area contributed by atoms with Crippen LogP contribution < -0.4 is 11.1 Å². The molecule has 0 fully saturated rings. The van der Waals surface area contributed by atoms with Gasteiger partial charge < -0.3 is 9.97 Å². The maximum absolute atomic E-state index is 15.0. The third kappa shape index (κ3) is 5.64. The Morgan fingerprint density at radius 2 is 0.797 bits per heavy atom. The number of nitrogens with zero attached hydrogens (tertiary/aromatic N) is 4. The highest BCUT2D eigenvalue weighted by Gasteiger charge is 2.41. The minimum absolute atomic E-state index is 0.0908. The molecule has 0 spiro atoms. The highest BCUT2D eigenvalue weighted by molar-refractivity contribution is 6.33. The topological polar surface area (TPSA) is 122 Å². The Morgan fingerprint density at radius 3 is 1.09 bits per heavy atom. The highest BCUT2D eigenvalue weighted by atomic mass is 19.4. The van der Waals surface area contributed by atoms with E-state index in [1.54, 1.807) is 0 Å². The van der Waals surface area contributed by atoms with Crippen LogP contribution >= 0.6 is 0 Å². The van der Waals surface area contributed by atoms with Gasteiger partial charge in [-0.2, -0.15) is 63.2 Å². The second-order valence-corrected chi connectivity index (χ2v) is 14.9. The molecule has 4 aromatic heterocycles. The zero-order valence-electron chi connectivity index (χ0n) is 31.2. The van der Waals surface area contributed by atoms with Crippen LogP contribution in [0.2, 0.25) is 0 Å². The maximum Gasteiger partial charge on any atom is 0.418 e. The lowest BCUT2D eigenvalue weighted by Crippen LogP contribution is -2.18. The molecule has 0 radical (unpaired) electrons. The molecule has 0 atom stereocenters. The molecule has 10 aromatic rings. The maximum atomic E-state index is 15.0. The third-order valence-corrected chi connectivity index (χ3v) is 11.3. The quantitative estimate of drug-likeness (QED) is 0.133. The van der Waals surface area contributed by atoms with Crippen LogP contribution in [0.3, 0.4) is 0 Å². The van der Waals surface area contributed by atoms with Crippen LogP contribution in [0.5, 0.6) is 0 Å². The number of fused-ring (bicyclic) bond motifs is 8. The molecule has 0 aliphatic heterocycles. The molecule has 0 unspecified atom stereocenters. The van der Waals surface area contributed by atoms with Crippen LogP contribution in [0.4, 0.5) is 52.7 Å². The summed E-state index contributed by atoms with van der Waals surface area (Å²) in [4.78, 5) is 34.9. The Morgan fingerprint density at radius 1 is 0.453 bits per heavy atom. The standard InChI is InChI=1S/C44H16F12N6O2/c45-41(46,47)21-9-27(43(51,52)53)35-29(11-21)61-37(59-35)33-23(19-5-1-17(15-57)2-6-19)13-25-32-31(33)26(40(61)64)14-24(20-7-3-18(16-58)4-8-20)34(32)38-60-36-28(44(54,55)56)10-22(42(48,49)50)12-30(36)62(38)39(25)63/h1-14,59-60H. The second kappa shape index (κ2) is 12.8. The molecule has 0 amide bonds. The summed E-state index contributed by atoms with van der Waals surface area (Å²) >= 11 is 0. The fraction of sp³-hybridized carbons (Fsp3) is 0.0909. The number of imidazole rings is 2. The molecule has 318 valence electrons. The lowest BCUT2D eigenvalue weighted by molar-refractivity contribution is -0.143. The number of rotatable bonds is 2. The van der Waals surface area contributed by atoms with Crippen LogP contribution in [0.25, 0.3) is 87.9 Å². The van der Waals surface area contributed by atoms with Gasteiger partial charge in [-0.05, 0) is 82.9 Å². The van der Waals surface area contributed by atoms with E-state index in [0.29, 0.717) is 20.9 Å². The van der Waals surface area contributed by atoms with Crippen molar-refractivity contribution in [2.24, 2.45) is 0 Å². The van der Waals surface area contributed by atoms with Crippen LogP contribution in [0, 0.1) is 22.7 Å². The van der Waals surface area contributed by atoms with Gasteiger partial charge in [0.1, 0.15) is 11.3 Å². The smallest absolute Gasteiger partial charge is 0.339 e. The van der Waals surface area contributed by atoms with Crippen molar-refractivity contribution in [1.29, 1.82) is 10.5 Å². The SMILES string of the molecule is N#Cc1ccc(-c2cc3c(=O)n4c5cc(C(F)(F)F)cc(C(F)(F)F)c5[nH]c4c4c(-c5ccc(C#N)cc5)cc5c(=O)n6c7cc(C(F)(F)F)cc(C(F)(F)F)c7[nH]c6c2c5c34)cc1. The van der Waals surface area contributed by atoms with Crippen molar-refractivity contribution in [3.63, 3.8) is 0 Å². The Kier molecular flexibility index (Phi) is 8.01. The molecule has 0 aliphatic rings. The molecule has 8 nitrogen and oxygen atoms in total. The first-order chi connectivity index (χ1) is 30.0. The number of nitriles is 2. The van der Waals surface area contributed by atoms with Crippen molar-refractivity contribution in [2.75, 3.05) is 0 Å². The van der Waals surface area contributed by atoms with Gasteiger partial charge in [-0.25, -0.2) is 0 Å². The molecular weight excluding hydrogens is 872 g/mol. The summed E-state index contributed by atoms with van der Waals surface area (Å²) in [7, 11) is 0. The summed E-state index contributed by atoms with van der Waals surface area (Å²) in [5.74, 6) is 0. The molecule has 4 heterocycles. The van der Waals surface area contributed by atoms with Gasteiger partial charge in [-0.1, -0.05) is 24.3 Å². The number of halogens is 12. The van der Waals surface area contributed by atoms with E-state index in [9.17, 15) is 72.8 Å². The van der Waals surface area contributed by atoms with Gasteiger partial charge >= 0.3 is 24.7 Å². The molecule has 0 saturated heterocycles. The van der Waals surface area contributed by atoms with Gasteiger partial charge in [0.05, 0.1) is 67.6 Å². The Hall–Kier alpha value is -8.00. The third-order valence-electron chi connectivity index (χ3n) is 11.3. The minimum atomic E-state index is -5.42. The van der Waals surface area contributed by atoms with Crippen molar-refractivity contribution in [3.05, 3.63) is 139 Å². The lowest BCUT2D eigenvalue weighted by atomic mass is 9.87. The molecule has 0 aliphatic carbocycles. The summed E-state index contributed by atoms with van der Waals surface area (Å²) in [5, 5.41) is 17.5. The summed E-state index contributed by atoms with van der Waals surface area (Å²) in [5.41, 5.74) is -13.8. The first-order valence-electron chi connectivity index (χ1n) is 18.3. The normalized spacial score (nSPS) is 13.1. The van der Waals surface area contributed by atoms with Gasteiger partial charge in [-0.15, -0.1) is 0 Å². The highest BCUT2D eigenvalue weighted by Crippen LogP contribution is 2.48. The molecule has 10 rings (SSSR count). The molecule has 64 heavy (non-hydrogen) atoms. The van der Waals surface area contributed by atoms with Gasteiger partial charge in [0.25, 0.3) is 11.1 Å². The van der Waals surface area contributed by atoms with Gasteiger partial charge in [-0.3, -0.25) is 18.4 Å². The summed E-state index contributed by atoms with van der Waals surface area (Å²) in [6.45, 7) is 0. The van der Waals surface area contributed by atoms with Crippen molar-refractivity contribution >= 4 is 65.7 Å². The van der Waals surface area contributed by atoms with E-state index in [1.165, 1.54) is 48.5 Å². The molecule has 6 aromatic carbocycles. The molecule has 0 bridgehead atoms. The number of pyridine rings is 2. The number of aromatic amines is 2. The summed E-state index contributed by atoms with van der Waals surface area (Å²) in [6.07, 6.45) is -21.5. The zero-order valence-corrected chi connectivity index (χ0v) is 31.2. The van der Waals surface area contributed by atoms with Crippen molar-refractivity contribution in [3.8, 4) is 34.4 Å². The van der Waals surface area contributed by atoms with Gasteiger partial charge in [0.2, 0.25) is 0 Å². The predicted octanol–water partition coefficient (Wildman–Crippen LogP) is 11.9. The van der Waals surface area contributed by atoms with Crippen molar-refractivity contribution in [2.45, 2.75) is 24.7 Å². The van der Waals surface area contributed by atoms with E-state index in [-0.39, 0.29) is 67.1 Å². The Bertz CT molecular complexity index is 3640. The first-order valence-corrected chi connectivity index (χ1v) is 18.3. The Labute approximate surface area is 345 Å². The van der Waals surface area contributed by atoms with E-state index in [4.69, 9.17) is 0 Å². The number of H-pyrrole nitrogens is 2. The summed E-state index contributed by atoms with van der Waals surface area (Å²) in [6, 6.07) is 17.2. The van der Waals surface area contributed by atoms with E-state index in [1.807, 2.05) is 12.1 Å². The molecule has 20 heteroatoms. The van der Waals surface area contributed by atoms with Crippen molar-refractivity contribution in [1.82, 2.24) is 18.8 Å². The van der Waals surface area contributed by atoms with Gasteiger partial charge in [0.15, 0.2) is 0 Å². The average Bonchev–Trinajstić information content (AvgIpc) is 3.82. The number of benzene rings is 6. The fourth-order valence-electron chi connectivity index (χ4n) is 8.61. The number of aromatic nitrogens is 4. The zero-order chi connectivity index (χ0) is 45.7. The van der Waals surface area contributed by atoms with Crippen LogP contribution in [-0.4, -0.2) is 18.8 Å². The predicted molar refractivity (Wildman–Crippen MR) is 209 cm³/mol. The molecule has 2 N–H and O–H groups in total. The van der Waals surface area contributed by atoms with E-state index in [0.717, 1.165) is 12.1 Å². The number of hydrogen-bond donors (Lipinski definition) is 2. The largest absolute Gasteiger partial charge is 0.418 e. The van der Waals surface area contributed by atoms with E-state index < -0.39 is 102 Å².